The maximum Gasteiger partial charge on any atom is 0.250 e. The first kappa shape index (κ1) is 11.3. The van der Waals surface area contributed by atoms with Crippen molar-refractivity contribution in [2.45, 2.75) is 39.2 Å². The number of aromatic nitrogens is 1. The zero-order valence-corrected chi connectivity index (χ0v) is 10.3. The highest BCUT2D eigenvalue weighted by Crippen LogP contribution is 2.12. The Labute approximate surface area is 98.8 Å². The molecule has 1 amide bonds. The highest BCUT2D eigenvalue weighted by Gasteiger charge is 2.25. The molecule has 0 saturated carbocycles. The molecule has 1 N–H and O–H groups in total. The van der Waals surface area contributed by atoms with Crippen LogP contribution in [0.5, 0.6) is 0 Å². The quantitative estimate of drug-likeness (QED) is 0.866. The van der Waals surface area contributed by atoms with Crippen LogP contribution in [0.15, 0.2) is 10.4 Å². The van der Waals surface area contributed by atoms with Gasteiger partial charge in [0.15, 0.2) is 0 Å². The summed E-state index contributed by atoms with van der Waals surface area (Å²) >= 11 is 1.62. The number of rotatable bonds is 4. The zero-order valence-electron chi connectivity index (χ0n) is 9.49. The van der Waals surface area contributed by atoms with Gasteiger partial charge < -0.3 is 5.32 Å². The predicted molar refractivity (Wildman–Crippen MR) is 64.8 cm³/mol. The first-order valence-corrected chi connectivity index (χ1v) is 6.35. The summed E-state index contributed by atoms with van der Waals surface area (Å²) < 4.78 is 0. The number of aliphatic imine (C=N–C) groups is 1. The highest BCUT2D eigenvalue weighted by atomic mass is 32.1. The van der Waals surface area contributed by atoms with Crippen LogP contribution in [0, 0.1) is 6.92 Å². The Morgan fingerprint density at radius 2 is 2.38 bits per heavy atom. The van der Waals surface area contributed by atoms with Crippen molar-refractivity contribution < 1.29 is 4.79 Å². The highest BCUT2D eigenvalue weighted by molar-refractivity contribution is 7.09. The second-order valence-corrected chi connectivity index (χ2v) is 4.97. The van der Waals surface area contributed by atoms with Gasteiger partial charge in [-0.15, -0.1) is 11.3 Å². The van der Waals surface area contributed by atoms with Crippen molar-refractivity contribution in [3.8, 4) is 0 Å². The van der Waals surface area contributed by atoms with Gasteiger partial charge in [-0.25, -0.2) is 4.98 Å². The Kier molecular flexibility index (Phi) is 3.33. The number of carbonyl (C=O) groups excluding carboxylic acids is 1. The van der Waals surface area contributed by atoms with E-state index in [4.69, 9.17) is 0 Å². The second-order valence-electron chi connectivity index (χ2n) is 3.90. The number of thiazole rings is 1. The Balaban J connectivity index is 2.01. The van der Waals surface area contributed by atoms with E-state index in [1.807, 2.05) is 12.3 Å². The Bertz CT molecular complexity index is 425. The molecule has 0 spiro atoms. The molecule has 2 rings (SSSR count). The normalized spacial score (nSPS) is 19.8. The van der Waals surface area contributed by atoms with E-state index in [2.05, 4.69) is 22.2 Å². The molecule has 86 valence electrons. The van der Waals surface area contributed by atoms with Crippen LogP contribution in [0.2, 0.25) is 0 Å². The molecule has 0 aromatic carbocycles. The van der Waals surface area contributed by atoms with Crippen LogP contribution in [-0.2, 0) is 11.2 Å². The summed E-state index contributed by atoms with van der Waals surface area (Å²) in [5, 5.41) is 5.88. The summed E-state index contributed by atoms with van der Waals surface area (Å²) in [4.78, 5) is 20.3. The van der Waals surface area contributed by atoms with Gasteiger partial charge >= 0.3 is 0 Å². The van der Waals surface area contributed by atoms with E-state index >= 15 is 0 Å². The Morgan fingerprint density at radius 3 is 3.00 bits per heavy atom. The number of nitrogens with one attached hydrogen (secondary N) is 1. The number of aryl methyl sites for hydroxylation is 1. The smallest absolute Gasteiger partial charge is 0.250 e. The zero-order chi connectivity index (χ0) is 11.5. The lowest BCUT2D eigenvalue weighted by molar-refractivity contribution is -0.120. The van der Waals surface area contributed by atoms with Crippen molar-refractivity contribution >= 4 is 23.1 Å². The van der Waals surface area contributed by atoms with E-state index in [0.29, 0.717) is 6.42 Å². The topological polar surface area (TPSA) is 54.4 Å². The van der Waals surface area contributed by atoms with Gasteiger partial charge in [-0.05, 0) is 13.3 Å². The first-order chi connectivity index (χ1) is 7.69. The van der Waals surface area contributed by atoms with E-state index in [-0.39, 0.29) is 11.9 Å². The van der Waals surface area contributed by atoms with Gasteiger partial charge in [0, 0.05) is 11.8 Å². The maximum atomic E-state index is 11.5. The minimum atomic E-state index is -0.181. The fourth-order valence-corrected chi connectivity index (χ4v) is 2.34. The average molecular weight is 237 g/mol. The summed E-state index contributed by atoms with van der Waals surface area (Å²) in [5.74, 6) is 0.789. The molecule has 1 unspecified atom stereocenters. The van der Waals surface area contributed by atoms with Crippen LogP contribution in [0.1, 0.15) is 30.5 Å². The summed E-state index contributed by atoms with van der Waals surface area (Å²) in [6, 6.07) is -0.181. The standard InChI is InChI=1S/C11H15N3OS/c1-3-4-9-11(15)14-10(13-9)5-8-6-16-7(2)12-8/h6,9H,3-5H2,1-2H3,(H,13,14,15). The molecule has 0 bridgehead atoms. The molecule has 0 fully saturated rings. The molecule has 1 aliphatic heterocycles. The van der Waals surface area contributed by atoms with E-state index < -0.39 is 0 Å². The maximum absolute atomic E-state index is 11.5. The lowest BCUT2D eigenvalue weighted by Gasteiger charge is -1.99. The third kappa shape index (κ3) is 2.47. The molecule has 16 heavy (non-hydrogen) atoms. The number of nitrogens with zero attached hydrogens (tertiary/aromatic N) is 2. The van der Waals surface area contributed by atoms with Crippen LogP contribution >= 0.6 is 11.3 Å². The first-order valence-electron chi connectivity index (χ1n) is 5.47. The van der Waals surface area contributed by atoms with E-state index in [1.165, 1.54) is 0 Å². The minimum absolute atomic E-state index is 0.0313. The summed E-state index contributed by atoms with van der Waals surface area (Å²) in [6.45, 7) is 4.04. The second kappa shape index (κ2) is 4.74. The summed E-state index contributed by atoms with van der Waals surface area (Å²) in [5.41, 5.74) is 0.985. The van der Waals surface area contributed by atoms with Crippen LogP contribution in [0.3, 0.4) is 0 Å². The van der Waals surface area contributed by atoms with Gasteiger partial charge in [-0.2, -0.15) is 0 Å². The van der Waals surface area contributed by atoms with Gasteiger partial charge in [0.1, 0.15) is 11.9 Å². The molecule has 1 aromatic rings. The SMILES string of the molecule is CCCC1N=C(Cc2csc(C)n2)NC1=O. The number of hydrogen-bond donors (Lipinski definition) is 1. The predicted octanol–water partition coefficient (Wildman–Crippen LogP) is 1.69. The van der Waals surface area contributed by atoms with Gasteiger partial charge in [-0.1, -0.05) is 13.3 Å². The van der Waals surface area contributed by atoms with E-state index in [9.17, 15) is 4.79 Å². The van der Waals surface area contributed by atoms with Gasteiger partial charge in [0.25, 0.3) is 0 Å². The van der Waals surface area contributed by atoms with Crippen LogP contribution < -0.4 is 5.32 Å². The fourth-order valence-electron chi connectivity index (χ4n) is 1.72. The van der Waals surface area contributed by atoms with Crippen molar-refractivity contribution in [1.82, 2.24) is 10.3 Å². The number of amides is 1. The van der Waals surface area contributed by atoms with Crippen molar-refractivity contribution in [3.05, 3.63) is 16.1 Å². The third-order valence-corrected chi connectivity index (χ3v) is 3.28. The molecule has 1 aliphatic rings. The molecule has 0 radical (unpaired) electrons. The minimum Gasteiger partial charge on any atom is -0.312 e. The number of hydrogen-bond acceptors (Lipinski definition) is 4. The van der Waals surface area contributed by atoms with Crippen LogP contribution in [0.25, 0.3) is 0 Å². The van der Waals surface area contributed by atoms with Crippen molar-refractivity contribution in [3.63, 3.8) is 0 Å². The van der Waals surface area contributed by atoms with Crippen LogP contribution in [-0.4, -0.2) is 22.8 Å². The summed E-state index contributed by atoms with van der Waals surface area (Å²) in [6.07, 6.45) is 2.44. The monoisotopic (exact) mass is 237 g/mol. The largest absolute Gasteiger partial charge is 0.312 e. The van der Waals surface area contributed by atoms with Crippen molar-refractivity contribution in [1.29, 1.82) is 0 Å². The van der Waals surface area contributed by atoms with E-state index in [1.54, 1.807) is 11.3 Å². The molecule has 2 heterocycles. The van der Waals surface area contributed by atoms with Gasteiger partial charge in [0.05, 0.1) is 10.7 Å². The third-order valence-electron chi connectivity index (χ3n) is 2.46. The summed E-state index contributed by atoms with van der Waals surface area (Å²) in [7, 11) is 0. The molecular weight excluding hydrogens is 222 g/mol. The molecule has 5 heteroatoms. The number of amidine groups is 1. The van der Waals surface area contributed by atoms with Gasteiger partial charge in [-0.3, -0.25) is 9.79 Å². The van der Waals surface area contributed by atoms with Crippen molar-refractivity contribution in [2.75, 3.05) is 0 Å². The molecule has 0 aliphatic carbocycles. The fraction of sp³-hybridized carbons (Fsp3) is 0.545. The molecule has 0 saturated heterocycles. The molecular formula is C11H15N3OS. The molecule has 4 nitrogen and oxygen atoms in total. The molecule has 1 aromatic heterocycles. The molecule has 1 atom stereocenters. The Morgan fingerprint density at radius 1 is 1.56 bits per heavy atom. The van der Waals surface area contributed by atoms with Crippen LogP contribution in [0.4, 0.5) is 0 Å². The average Bonchev–Trinajstić information content (AvgIpc) is 2.76. The Hall–Kier alpha value is -1.23. The lowest BCUT2D eigenvalue weighted by atomic mass is 10.2. The van der Waals surface area contributed by atoms with Gasteiger partial charge in [0.2, 0.25) is 5.91 Å². The van der Waals surface area contributed by atoms with Crippen molar-refractivity contribution in [2.24, 2.45) is 4.99 Å². The number of carbonyl (C=O) groups is 1. The van der Waals surface area contributed by atoms with E-state index in [0.717, 1.165) is 29.4 Å². The lowest BCUT2D eigenvalue weighted by Crippen LogP contribution is -2.29.